The number of halogens is 2. The fourth-order valence-corrected chi connectivity index (χ4v) is 4.86. The summed E-state index contributed by atoms with van der Waals surface area (Å²) < 4.78 is 29.4. The summed E-state index contributed by atoms with van der Waals surface area (Å²) in [5.41, 5.74) is 1.48. The zero-order valence-corrected chi connectivity index (χ0v) is 14.7. The van der Waals surface area contributed by atoms with Crippen molar-refractivity contribution in [2.45, 2.75) is 38.0 Å². The number of hydrogen-bond acceptors (Lipinski definition) is 2. The largest absolute Gasteiger partial charge is 0.389 e. The second kappa shape index (κ2) is 6.02. The molecule has 27 heavy (non-hydrogen) atoms. The number of carbonyl (C=O) groups is 1. The fourth-order valence-electron chi connectivity index (χ4n) is 4.86. The SMILES string of the molecule is O=C1[C@@H]2CC[C@@H](C2)N1CC(O)Cn1c2ccc(F)cc2c2cc(F)ccc21. The highest BCUT2D eigenvalue weighted by Gasteiger charge is 2.44. The maximum Gasteiger partial charge on any atom is 0.226 e. The van der Waals surface area contributed by atoms with Crippen molar-refractivity contribution < 1.29 is 18.7 Å². The van der Waals surface area contributed by atoms with Gasteiger partial charge in [0.05, 0.1) is 12.6 Å². The Balaban J connectivity index is 1.49. The summed E-state index contributed by atoms with van der Waals surface area (Å²) in [6.45, 7) is 0.558. The van der Waals surface area contributed by atoms with Gasteiger partial charge in [-0.05, 0) is 55.7 Å². The van der Waals surface area contributed by atoms with Gasteiger partial charge in [0.15, 0.2) is 0 Å². The van der Waals surface area contributed by atoms with E-state index in [1.54, 1.807) is 12.1 Å². The molecule has 0 radical (unpaired) electrons. The molecule has 6 heteroatoms. The monoisotopic (exact) mass is 370 g/mol. The minimum Gasteiger partial charge on any atom is -0.389 e. The summed E-state index contributed by atoms with van der Waals surface area (Å²) in [7, 11) is 0. The molecule has 2 heterocycles. The Morgan fingerprint density at radius 1 is 1.00 bits per heavy atom. The molecule has 140 valence electrons. The molecule has 2 aromatic carbocycles. The molecule has 3 atom stereocenters. The van der Waals surface area contributed by atoms with Crippen molar-refractivity contribution in [1.29, 1.82) is 0 Å². The predicted molar refractivity (Wildman–Crippen MR) is 98.2 cm³/mol. The van der Waals surface area contributed by atoms with Crippen LogP contribution in [-0.4, -0.2) is 39.2 Å². The van der Waals surface area contributed by atoms with Gasteiger partial charge in [0, 0.05) is 40.3 Å². The van der Waals surface area contributed by atoms with Crippen LogP contribution >= 0.6 is 0 Å². The summed E-state index contributed by atoms with van der Waals surface area (Å²) in [5.74, 6) is -0.492. The maximum absolute atomic E-state index is 13.7. The molecule has 4 nitrogen and oxygen atoms in total. The zero-order valence-electron chi connectivity index (χ0n) is 14.7. The van der Waals surface area contributed by atoms with Gasteiger partial charge >= 0.3 is 0 Å². The van der Waals surface area contributed by atoms with Crippen LogP contribution in [0.25, 0.3) is 21.8 Å². The molecule has 1 amide bonds. The molecular weight excluding hydrogens is 350 g/mol. The van der Waals surface area contributed by atoms with E-state index in [1.165, 1.54) is 24.3 Å². The second-order valence-corrected chi connectivity index (χ2v) is 7.74. The van der Waals surface area contributed by atoms with Gasteiger partial charge in [0.25, 0.3) is 0 Å². The van der Waals surface area contributed by atoms with Gasteiger partial charge in [-0.1, -0.05) is 0 Å². The van der Waals surface area contributed by atoms with Crippen LogP contribution in [0.15, 0.2) is 36.4 Å². The van der Waals surface area contributed by atoms with Crippen molar-refractivity contribution >= 4 is 27.7 Å². The van der Waals surface area contributed by atoms with Gasteiger partial charge in [-0.2, -0.15) is 0 Å². The molecule has 1 N–H and O–H groups in total. The highest BCUT2D eigenvalue weighted by atomic mass is 19.1. The zero-order chi connectivity index (χ0) is 18.7. The first kappa shape index (κ1) is 16.7. The molecule has 1 aromatic heterocycles. The van der Waals surface area contributed by atoms with E-state index in [0.29, 0.717) is 17.3 Å². The van der Waals surface area contributed by atoms with Gasteiger partial charge in [-0.25, -0.2) is 8.78 Å². The third-order valence-corrected chi connectivity index (χ3v) is 6.07. The quantitative estimate of drug-likeness (QED) is 0.765. The number of rotatable bonds is 4. The molecule has 1 unspecified atom stereocenters. The number of benzene rings is 2. The number of likely N-dealkylation sites (tertiary alicyclic amines) is 1. The first-order chi connectivity index (χ1) is 13.0. The Labute approximate surface area is 155 Å². The first-order valence-electron chi connectivity index (χ1n) is 9.37. The van der Waals surface area contributed by atoms with Crippen LogP contribution in [0.3, 0.4) is 0 Å². The second-order valence-electron chi connectivity index (χ2n) is 7.74. The van der Waals surface area contributed by atoms with Crippen LogP contribution in [-0.2, 0) is 11.3 Å². The van der Waals surface area contributed by atoms with Crippen LogP contribution in [0.4, 0.5) is 8.78 Å². The van der Waals surface area contributed by atoms with Crippen molar-refractivity contribution in [3.05, 3.63) is 48.0 Å². The molecule has 1 saturated heterocycles. The number of carbonyl (C=O) groups excluding carboxylic acids is 1. The average Bonchev–Trinajstić information content (AvgIpc) is 3.30. The van der Waals surface area contributed by atoms with E-state index in [4.69, 9.17) is 0 Å². The molecule has 2 fully saturated rings. The van der Waals surface area contributed by atoms with Gasteiger partial charge in [-0.3, -0.25) is 4.79 Å². The minimum atomic E-state index is -0.748. The van der Waals surface area contributed by atoms with Gasteiger partial charge in [-0.15, -0.1) is 0 Å². The molecule has 2 bridgehead atoms. The standard InChI is InChI=1S/C21H20F2N2O2/c22-13-2-5-19-17(8-13)18-9-14(23)3-6-20(18)25(19)11-16(26)10-24-15-4-1-12(7-15)21(24)27/h2-3,5-6,8-9,12,15-16,26H,1,4,7,10-11H2/t12-,15+,16?/m1/s1. The lowest BCUT2D eigenvalue weighted by Gasteiger charge is -2.29. The van der Waals surface area contributed by atoms with Crippen LogP contribution < -0.4 is 0 Å². The van der Waals surface area contributed by atoms with E-state index in [0.717, 1.165) is 30.3 Å². The number of piperidine rings is 1. The minimum absolute atomic E-state index is 0.126. The van der Waals surface area contributed by atoms with Crippen LogP contribution in [0.1, 0.15) is 19.3 Å². The Bertz CT molecular complexity index is 1000. The van der Waals surface area contributed by atoms with Crippen LogP contribution in [0, 0.1) is 17.6 Å². The fraction of sp³-hybridized carbons (Fsp3) is 0.381. The van der Waals surface area contributed by atoms with Crippen molar-refractivity contribution in [3.63, 3.8) is 0 Å². The molecular formula is C21H20F2N2O2. The van der Waals surface area contributed by atoms with Crippen LogP contribution in [0.2, 0.25) is 0 Å². The van der Waals surface area contributed by atoms with Crippen LogP contribution in [0.5, 0.6) is 0 Å². The van der Waals surface area contributed by atoms with E-state index in [1.807, 2.05) is 9.47 Å². The molecule has 1 aliphatic carbocycles. The molecule has 3 aromatic rings. The van der Waals surface area contributed by atoms with E-state index in [2.05, 4.69) is 0 Å². The molecule has 1 aliphatic heterocycles. The number of aliphatic hydroxyl groups is 1. The molecule has 1 saturated carbocycles. The normalized spacial score (nSPS) is 23.1. The molecule has 2 aliphatic rings. The Morgan fingerprint density at radius 3 is 2.19 bits per heavy atom. The number of amides is 1. The predicted octanol–water partition coefficient (Wildman–Crippen LogP) is 3.44. The topological polar surface area (TPSA) is 45.5 Å². The lowest BCUT2D eigenvalue weighted by molar-refractivity contribution is -0.135. The lowest BCUT2D eigenvalue weighted by Crippen LogP contribution is -2.43. The third kappa shape index (κ3) is 2.62. The van der Waals surface area contributed by atoms with E-state index in [9.17, 15) is 18.7 Å². The van der Waals surface area contributed by atoms with E-state index < -0.39 is 6.10 Å². The Morgan fingerprint density at radius 2 is 1.63 bits per heavy atom. The summed E-state index contributed by atoms with van der Waals surface area (Å²) in [6.07, 6.45) is 2.12. The smallest absolute Gasteiger partial charge is 0.226 e. The first-order valence-corrected chi connectivity index (χ1v) is 9.37. The Hall–Kier alpha value is -2.47. The lowest BCUT2D eigenvalue weighted by atomic mass is 10.1. The molecule has 5 rings (SSSR count). The van der Waals surface area contributed by atoms with E-state index >= 15 is 0 Å². The Kier molecular flexibility index (Phi) is 3.72. The highest BCUT2D eigenvalue weighted by Crippen LogP contribution is 2.38. The number of aliphatic hydroxyl groups excluding tert-OH is 1. The number of fused-ring (bicyclic) bond motifs is 5. The van der Waals surface area contributed by atoms with Gasteiger partial charge in [0.2, 0.25) is 5.91 Å². The number of nitrogens with zero attached hydrogens (tertiary/aromatic N) is 2. The van der Waals surface area contributed by atoms with Gasteiger partial charge in [0.1, 0.15) is 11.6 Å². The summed E-state index contributed by atoms with van der Waals surface area (Å²) >= 11 is 0. The van der Waals surface area contributed by atoms with Crippen molar-refractivity contribution in [2.24, 2.45) is 5.92 Å². The van der Waals surface area contributed by atoms with Crippen molar-refractivity contribution in [1.82, 2.24) is 9.47 Å². The summed E-state index contributed by atoms with van der Waals surface area (Å²) in [5, 5.41) is 11.9. The van der Waals surface area contributed by atoms with E-state index in [-0.39, 0.29) is 36.0 Å². The van der Waals surface area contributed by atoms with Crippen molar-refractivity contribution in [2.75, 3.05) is 6.54 Å². The highest BCUT2D eigenvalue weighted by molar-refractivity contribution is 6.08. The summed E-state index contributed by atoms with van der Waals surface area (Å²) in [6, 6.07) is 9.06. The number of hydrogen-bond donors (Lipinski definition) is 1. The summed E-state index contributed by atoms with van der Waals surface area (Å²) in [4.78, 5) is 14.1. The maximum atomic E-state index is 13.7. The van der Waals surface area contributed by atoms with Gasteiger partial charge < -0.3 is 14.6 Å². The third-order valence-electron chi connectivity index (χ3n) is 6.07. The number of aromatic nitrogens is 1. The molecule has 0 spiro atoms. The van der Waals surface area contributed by atoms with Crippen molar-refractivity contribution in [3.8, 4) is 0 Å². The average molecular weight is 370 g/mol. The number of β-amino-alcohol motifs (C(OH)–C–C–N with tert-alkyl or cyclic N) is 1.